The van der Waals surface area contributed by atoms with E-state index in [1.165, 1.54) is 0 Å². The predicted molar refractivity (Wildman–Crippen MR) is 74.4 cm³/mol. The number of aromatic nitrogens is 1. The van der Waals surface area contributed by atoms with Gasteiger partial charge in [-0.25, -0.2) is 0 Å². The highest BCUT2D eigenvalue weighted by molar-refractivity contribution is 5.87. The summed E-state index contributed by atoms with van der Waals surface area (Å²) in [6.45, 7) is 0.478. The Labute approximate surface area is 112 Å². The number of benzene rings is 1. The lowest BCUT2D eigenvalue weighted by molar-refractivity contribution is -0.129. The summed E-state index contributed by atoms with van der Waals surface area (Å²) in [6, 6.07) is 9.91. The molecule has 1 aliphatic carbocycles. The molecule has 1 amide bonds. The second kappa shape index (κ2) is 4.63. The van der Waals surface area contributed by atoms with Gasteiger partial charge in [-0.1, -0.05) is 24.3 Å². The van der Waals surface area contributed by atoms with Gasteiger partial charge in [0, 0.05) is 18.1 Å². The molecule has 0 bridgehead atoms. The molecule has 1 aromatic carbocycles. The number of hydrogen-bond donors (Lipinski definition) is 2. The molecule has 4 nitrogen and oxygen atoms in total. The summed E-state index contributed by atoms with van der Waals surface area (Å²) in [5.41, 5.74) is 7.31. The topological polar surface area (TPSA) is 68.0 Å². The van der Waals surface area contributed by atoms with Crippen molar-refractivity contribution >= 4 is 16.8 Å². The van der Waals surface area contributed by atoms with E-state index in [0.717, 1.165) is 35.7 Å². The number of para-hydroxylation sites is 1. The average molecular weight is 255 g/mol. The van der Waals surface area contributed by atoms with Crippen molar-refractivity contribution in [3.05, 3.63) is 42.1 Å². The van der Waals surface area contributed by atoms with E-state index in [1.54, 1.807) is 6.20 Å². The van der Waals surface area contributed by atoms with Crippen LogP contribution in [0.3, 0.4) is 0 Å². The van der Waals surface area contributed by atoms with Crippen molar-refractivity contribution in [1.82, 2.24) is 10.3 Å². The van der Waals surface area contributed by atoms with E-state index >= 15 is 0 Å². The van der Waals surface area contributed by atoms with E-state index in [1.807, 2.05) is 30.3 Å². The van der Waals surface area contributed by atoms with Gasteiger partial charge in [0.15, 0.2) is 0 Å². The Balaban J connectivity index is 1.77. The van der Waals surface area contributed by atoms with Gasteiger partial charge in [-0.2, -0.15) is 0 Å². The SMILES string of the molecule is NC1(C(=O)NCc2cccc3cccnc23)CCC1. The van der Waals surface area contributed by atoms with Gasteiger partial charge < -0.3 is 11.1 Å². The van der Waals surface area contributed by atoms with Crippen LogP contribution in [0.4, 0.5) is 0 Å². The van der Waals surface area contributed by atoms with Crippen molar-refractivity contribution in [2.75, 3.05) is 0 Å². The first-order valence-electron chi connectivity index (χ1n) is 6.59. The van der Waals surface area contributed by atoms with Crippen LogP contribution in [-0.2, 0) is 11.3 Å². The molecule has 0 aliphatic heterocycles. The van der Waals surface area contributed by atoms with Gasteiger partial charge in [0.2, 0.25) is 5.91 Å². The van der Waals surface area contributed by atoms with E-state index in [2.05, 4.69) is 10.3 Å². The van der Waals surface area contributed by atoms with E-state index in [9.17, 15) is 4.79 Å². The molecule has 1 saturated carbocycles. The first-order chi connectivity index (χ1) is 9.19. The summed E-state index contributed by atoms with van der Waals surface area (Å²) in [5, 5.41) is 4.01. The number of fused-ring (bicyclic) bond motifs is 1. The summed E-state index contributed by atoms with van der Waals surface area (Å²) in [7, 11) is 0. The standard InChI is InChI=1S/C15H17N3O/c16-15(7-3-8-15)14(19)18-10-12-5-1-4-11-6-2-9-17-13(11)12/h1-2,4-6,9H,3,7-8,10,16H2,(H,18,19). The minimum atomic E-state index is -0.641. The van der Waals surface area contributed by atoms with Crippen LogP contribution in [0.2, 0.25) is 0 Å². The Kier molecular flexibility index (Phi) is 2.95. The Hall–Kier alpha value is -1.94. The molecular formula is C15H17N3O. The number of rotatable bonds is 3. The lowest BCUT2D eigenvalue weighted by Crippen LogP contribution is -2.58. The maximum atomic E-state index is 12.0. The summed E-state index contributed by atoms with van der Waals surface area (Å²) in [5.74, 6) is -0.0494. The quantitative estimate of drug-likeness (QED) is 0.877. The number of pyridine rings is 1. The van der Waals surface area contributed by atoms with Gasteiger partial charge in [-0.15, -0.1) is 0 Å². The highest BCUT2D eigenvalue weighted by Crippen LogP contribution is 2.29. The fourth-order valence-corrected chi connectivity index (χ4v) is 2.45. The molecule has 1 fully saturated rings. The van der Waals surface area contributed by atoms with E-state index in [0.29, 0.717) is 6.54 Å². The Morgan fingerprint density at radius 1 is 1.32 bits per heavy atom. The van der Waals surface area contributed by atoms with Crippen molar-refractivity contribution in [2.24, 2.45) is 5.73 Å². The van der Waals surface area contributed by atoms with Gasteiger partial charge in [0.05, 0.1) is 11.1 Å². The molecule has 3 rings (SSSR count). The fourth-order valence-electron chi connectivity index (χ4n) is 2.45. The smallest absolute Gasteiger partial charge is 0.240 e. The second-order valence-corrected chi connectivity index (χ2v) is 5.18. The number of carbonyl (C=O) groups is 1. The van der Waals surface area contributed by atoms with Crippen LogP contribution in [-0.4, -0.2) is 16.4 Å². The Morgan fingerprint density at radius 2 is 2.11 bits per heavy atom. The van der Waals surface area contributed by atoms with Crippen LogP contribution in [0.25, 0.3) is 10.9 Å². The van der Waals surface area contributed by atoms with Crippen molar-refractivity contribution in [3.8, 4) is 0 Å². The zero-order chi connectivity index (χ0) is 13.3. The largest absolute Gasteiger partial charge is 0.350 e. The van der Waals surface area contributed by atoms with E-state index in [4.69, 9.17) is 5.73 Å². The molecule has 0 atom stereocenters. The van der Waals surface area contributed by atoms with Crippen LogP contribution in [0.1, 0.15) is 24.8 Å². The number of carbonyl (C=O) groups excluding carboxylic acids is 1. The molecule has 1 heterocycles. The predicted octanol–water partition coefficient (Wildman–Crippen LogP) is 1.73. The van der Waals surface area contributed by atoms with Crippen molar-refractivity contribution in [2.45, 2.75) is 31.3 Å². The maximum absolute atomic E-state index is 12.0. The van der Waals surface area contributed by atoms with Gasteiger partial charge in [-0.05, 0) is 30.9 Å². The number of amides is 1. The summed E-state index contributed by atoms with van der Waals surface area (Å²) < 4.78 is 0. The lowest BCUT2D eigenvalue weighted by atomic mass is 9.77. The third-order valence-electron chi connectivity index (χ3n) is 3.85. The number of nitrogens with two attached hydrogens (primary N) is 1. The normalized spacial score (nSPS) is 16.9. The molecule has 0 unspecified atom stereocenters. The zero-order valence-corrected chi connectivity index (χ0v) is 10.7. The van der Waals surface area contributed by atoms with E-state index < -0.39 is 5.54 Å². The minimum absolute atomic E-state index is 0.0494. The monoisotopic (exact) mass is 255 g/mol. The van der Waals surface area contributed by atoms with Crippen molar-refractivity contribution in [1.29, 1.82) is 0 Å². The molecular weight excluding hydrogens is 238 g/mol. The highest BCUT2D eigenvalue weighted by Gasteiger charge is 2.39. The van der Waals surface area contributed by atoms with Crippen LogP contribution in [0.5, 0.6) is 0 Å². The first kappa shape index (κ1) is 12.1. The highest BCUT2D eigenvalue weighted by atomic mass is 16.2. The molecule has 0 radical (unpaired) electrons. The minimum Gasteiger partial charge on any atom is -0.350 e. The average Bonchev–Trinajstić information content (AvgIpc) is 2.42. The third kappa shape index (κ3) is 2.19. The Bertz CT molecular complexity index is 614. The Morgan fingerprint density at radius 3 is 2.84 bits per heavy atom. The van der Waals surface area contributed by atoms with Crippen LogP contribution < -0.4 is 11.1 Å². The molecule has 2 aromatic rings. The van der Waals surface area contributed by atoms with Gasteiger partial charge in [0.1, 0.15) is 0 Å². The van der Waals surface area contributed by atoms with Crippen molar-refractivity contribution < 1.29 is 4.79 Å². The van der Waals surface area contributed by atoms with Gasteiger partial charge >= 0.3 is 0 Å². The molecule has 1 aliphatic rings. The van der Waals surface area contributed by atoms with Crippen molar-refractivity contribution in [3.63, 3.8) is 0 Å². The van der Waals surface area contributed by atoms with Gasteiger partial charge in [0.25, 0.3) is 0 Å². The zero-order valence-electron chi connectivity index (χ0n) is 10.7. The second-order valence-electron chi connectivity index (χ2n) is 5.18. The molecule has 1 aromatic heterocycles. The van der Waals surface area contributed by atoms with Crippen LogP contribution in [0.15, 0.2) is 36.5 Å². The molecule has 0 saturated heterocycles. The third-order valence-corrected chi connectivity index (χ3v) is 3.85. The van der Waals surface area contributed by atoms with Crippen LogP contribution >= 0.6 is 0 Å². The maximum Gasteiger partial charge on any atom is 0.240 e. The molecule has 0 spiro atoms. The lowest BCUT2D eigenvalue weighted by Gasteiger charge is -2.36. The number of hydrogen-bond acceptors (Lipinski definition) is 3. The fraction of sp³-hybridized carbons (Fsp3) is 0.333. The first-order valence-corrected chi connectivity index (χ1v) is 6.59. The number of nitrogens with zero attached hydrogens (tertiary/aromatic N) is 1. The van der Waals surface area contributed by atoms with Gasteiger partial charge in [-0.3, -0.25) is 9.78 Å². The summed E-state index contributed by atoms with van der Waals surface area (Å²) >= 11 is 0. The summed E-state index contributed by atoms with van der Waals surface area (Å²) in [4.78, 5) is 16.4. The molecule has 3 N–H and O–H groups in total. The number of nitrogens with one attached hydrogen (secondary N) is 1. The molecule has 4 heteroatoms. The summed E-state index contributed by atoms with van der Waals surface area (Å²) in [6.07, 6.45) is 4.38. The van der Waals surface area contributed by atoms with Crippen LogP contribution in [0, 0.1) is 0 Å². The van der Waals surface area contributed by atoms with E-state index in [-0.39, 0.29) is 5.91 Å². The molecule has 98 valence electrons. The molecule has 19 heavy (non-hydrogen) atoms.